The van der Waals surface area contributed by atoms with Crippen molar-refractivity contribution in [1.82, 2.24) is 10.3 Å². The van der Waals surface area contributed by atoms with Gasteiger partial charge in [-0.2, -0.15) is 0 Å². The van der Waals surface area contributed by atoms with Crippen molar-refractivity contribution in [3.05, 3.63) is 36.0 Å². The fourth-order valence-electron chi connectivity index (χ4n) is 1.97. The number of fused-ring (bicyclic) bond motifs is 1. The second-order valence-corrected chi connectivity index (χ2v) is 3.58. The van der Waals surface area contributed by atoms with E-state index in [1.54, 1.807) is 0 Å². The van der Waals surface area contributed by atoms with Crippen LogP contribution in [0.5, 0.6) is 0 Å². The van der Waals surface area contributed by atoms with Crippen LogP contribution in [0.15, 0.2) is 30.5 Å². The van der Waals surface area contributed by atoms with Crippen LogP contribution >= 0.6 is 12.4 Å². The largest absolute Gasteiger partial charge is 0.447 e. The first-order valence-corrected chi connectivity index (χ1v) is 4.84. The number of carbonyl (C=O) groups excluding carboxylic acids is 1. The molecule has 84 valence electrons. The lowest BCUT2D eigenvalue weighted by Crippen LogP contribution is -2.18. The molecule has 1 aromatic carbocycles. The van der Waals surface area contributed by atoms with Gasteiger partial charge >= 0.3 is 6.09 Å². The summed E-state index contributed by atoms with van der Waals surface area (Å²) in [6.07, 6.45) is 1.55. The molecule has 2 N–H and O–H groups in total. The number of aromatic amines is 1. The zero-order valence-corrected chi connectivity index (χ0v) is 9.21. The van der Waals surface area contributed by atoms with Gasteiger partial charge in [-0.3, -0.25) is 0 Å². The van der Waals surface area contributed by atoms with Gasteiger partial charge in [-0.15, -0.1) is 12.4 Å². The SMILES string of the molecule is Cl.O=C1N[C@H](c2cccc3[nH]ccc23)CO1. The predicted molar refractivity (Wildman–Crippen MR) is 62.8 cm³/mol. The maximum Gasteiger partial charge on any atom is 0.407 e. The Labute approximate surface area is 98.4 Å². The van der Waals surface area contributed by atoms with Crippen LogP contribution in [0.3, 0.4) is 0 Å². The minimum Gasteiger partial charge on any atom is -0.447 e. The average Bonchev–Trinajstić information content (AvgIpc) is 2.84. The third-order valence-electron chi connectivity index (χ3n) is 2.68. The van der Waals surface area contributed by atoms with Crippen molar-refractivity contribution in [3.63, 3.8) is 0 Å². The highest BCUT2D eigenvalue weighted by Gasteiger charge is 2.24. The van der Waals surface area contributed by atoms with Crippen molar-refractivity contribution in [2.24, 2.45) is 0 Å². The van der Waals surface area contributed by atoms with Crippen molar-refractivity contribution in [1.29, 1.82) is 0 Å². The van der Waals surface area contributed by atoms with Crippen LogP contribution in [-0.2, 0) is 4.74 Å². The molecule has 2 heterocycles. The monoisotopic (exact) mass is 238 g/mol. The van der Waals surface area contributed by atoms with Crippen LogP contribution < -0.4 is 5.32 Å². The molecule has 4 nitrogen and oxygen atoms in total. The normalized spacial score (nSPS) is 19.0. The first kappa shape index (κ1) is 10.8. The third-order valence-corrected chi connectivity index (χ3v) is 2.68. The minimum absolute atomic E-state index is 0. The lowest BCUT2D eigenvalue weighted by Gasteiger charge is -2.08. The van der Waals surface area contributed by atoms with Gasteiger partial charge in [0.05, 0.1) is 6.04 Å². The van der Waals surface area contributed by atoms with Gasteiger partial charge in [0.15, 0.2) is 0 Å². The van der Waals surface area contributed by atoms with Gasteiger partial charge in [-0.25, -0.2) is 4.79 Å². The van der Waals surface area contributed by atoms with Crippen LogP contribution in [-0.4, -0.2) is 17.7 Å². The van der Waals surface area contributed by atoms with E-state index in [9.17, 15) is 4.79 Å². The van der Waals surface area contributed by atoms with Crippen molar-refractivity contribution < 1.29 is 9.53 Å². The van der Waals surface area contributed by atoms with E-state index in [2.05, 4.69) is 10.3 Å². The Morgan fingerprint density at radius 2 is 2.19 bits per heavy atom. The molecule has 0 spiro atoms. The van der Waals surface area contributed by atoms with Crippen LogP contribution in [0.25, 0.3) is 10.9 Å². The lowest BCUT2D eigenvalue weighted by molar-refractivity contribution is 0.177. The molecule has 1 fully saturated rings. The molecule has 1 aliphatic heterocycles. The number of aromatic nitrogens is 1. The first-order valence-electron chi connectivity index (χ1n) is 4.84. The molecule has 2 aromatic rings. The second-order valence-electron chi connectivity index (χ2n) is 3.58. The first-order chi connectivity index (χ1) is 7.34. The quantitative estimate of drug-likeness (QED) is 0.802. The summed E-state index contributed by atoms with van der Waals surface area (Å²) in [5.74, 6) is 0. The average molecular weight is 239 g/mol. The summed E-state index contributed by atoms with van der Waals surface area (Å²) >= 11 is 0. The number of carbonyl (C=O) groups is 1. The highest BCUT2D eigenvalue weighted by Crippen LogP contribution is 2.25. The molecule has 0 unspecified atom stereocenters. The van der Waals surface area contributed by atoms with Crippen molar-refractivity contribution >= 4 is 29.4 Å². The lowest BCUT2D eigenvalue weighted by atomic mass is 10.0. The number of alkyl carbamates (subject to hydrolysis) is 1. The van der Waals surface area contributed by atoms with E-state index in [0.29, 0.717) is 6.61 Å². The molecule has 3 rings (SSSR count). The van der Waals surface area contributed by atoms with Crippen LogP contribution in [0, 0.1) is 0 Å². The number of hydrogen-bond acceptors (Lipinski definition) is 2. The molecule has 1 aliphatic rings. The molecular formula is C11H11ClN2O2. The number of halogens is 1. The molecule has 1 amide bonds. The number of hydrogen-bond donors (Lipinski definition) is 2. The Kier molecular flexibility index (Phi) is 2.75. The van der Waals surface area contributed by atoms with Crippen molar-refractivity contribution in [2.75, 3.05) is 6.61 Å². The summed E-state index contributed by atoms with van der Waals surface area (Å²) in [6.45, 7) is 0.406. The van der Waals surface area contributed by atoms with E-state index in [4.69, 9.17) is 4.74 Å². The van der Waals surface area contributed by atoms with Gasteiger partial charge in [-0.1, -0.05) is 12.1 Å². The Bertz CT molecular complexity index is 523. The Morgan fingerprint density at radius 1 is 1.31 bits per heavy atom. The molecule has 16 heavy (non-hydrogen) atoms. The maximum atomic E-state index is 11.0. The summed E-state index contributed by atoms with van der Waals surface area (Å²) < 4.78 is 4.89. The third kappa shape index (κ3) is 1.61. The summed E-state index contributed by atoms with van der Waals surface area (Å²) in [5, 5.41) is 3.91. The highest BCUT2D eigenvalue weighted by atomic mass is 35.5. The number of benzene rings is 1. The predicted octanol–water partition coefficient (Wildman–Crippen LogP) is 2.37. The Morgan fingerprint density at radius 3 is 2.94 bits per heavy atom. The van der Waals surface area contributed by atoms with E-state index in [0.717, 1.165) is 16.5 Å². The van der Waals surface area contributed by atoms with Crippen molar-refractivity contribution in [2.45, 2.75) is 6.04 Å². The summed E-state index contributed by atoms with van der Waals surface area (Å²) in [6, 6.07) is 7.97. The van der Waals surface area contributed by atoms with E-state index >= 15 is 0 Å². The minimum atomic E-state index is -0.340. The summed E-state index contributed by atoms with van der Waals surface area (Å²) in [4.78, 5) is 14.1. The molecule has 1 saturated heterocycles. The molecule has 1 aromatic heterocycles. The van der Waals surface area contributed by atoms with E-state index < -0.39 is 0 Å². The molecule has 0 aliphatic carbocycles. The van der Waals surface area contributed by atoms with Gasteiger partial charge < -0.3 is 15.0 Å². The molecular weight excluding hydrogens is 228 g/mol. The number of H-pyrrole nitrogens is 1. The number of amides is 1. The van der Waals surface area contributed by atoms with E-state index in [1.165, 1.54) is 0 Å². The van der Waals surface area contributed by atoms with Crippen LogP contribution in [0.2, 0.25) is 0 Å². The van der Waals surface area contributed by atoms with E-state index in [1.807, 2.05) is 30.5 Å². The van der Waals surface area contributed by atoms with Crippen molar-refractivity contribution in [3.8, 4) is 0 Å². The van der Waals surface area contributed by atoms with Gasteiger partial charge in [-0.05, 0) is 17.7 Å². The fraction of sp³-hybridized carbons (Fsp3) is 0.182. The highest BCUT2D eigenvalue weighted by molar-refractivity contribution is 5.85. The molecule has 0 bridgehead atoms. The standard InChI is InChI=1S/C11H10N2O2.ClH/c14-11-13-10(6-15-11)7-2-1-3-9-8(7)4-5-12-9;/h1-5,10,12H,6H2,(H,13,14);1H/t10-;/m0./s1. The van der Waals surface area contributed by atoms with Gasteiger partial charge in [0, 0.05) is 17.1 Å². The molecule has 0 saturated carbocycles. The molecule has 0 radical (unpaired) electrons. The smallest absolute Gasteiger partial charge is 0.407 e. The molecule has 1 atom stereocenters. The maximum absolute atomic E-state index is 11.0. The molecule has 5 heteroatoms. The zero-order valence-electron chi connectivity index (χ0n) is 8.40. The Balaban J connectivity index is 0.000000963. The fourth-order valence-corrected chi connectivity index (χ4v) is 1.97. The number of rotatable bonds is 1. The topological polar surface area (TPSA) is 54.1 Å². The number of cyclic esters (lactones) is 1. The summed E-state index contributed by atoms with van der Waals surface area (Å²) in [7, 11) is 0. The summed E-state index contributed by atoms with van der Waals surface area (Å²) in [5.41, 5.74) is 2.17. The van der Waals surface area contributed by atoms with Crippen LogP contribution in [0.1, 0.15) is 11.6 Å². The van der Waals surface area contributed by atoms with E-state index in [-0.39, 0.29) is 24.5 Å². The van der Waals surface area contributed by atoms with Crippen LogP contribution in [0.4, 0.5) is 4.79 Å². The second kappa shape index (κ2) is 4.06. The van der Waals surface area contributed by atoms with Gasteiger partial charge in [0.2, 0.25) is 0 Å². The Hall–Kier alpha value is -1.68. The number of nitrogens with one attached hydrogen (secondary N) is 2. The van der Waals surface area contributed by atoms with Gasteiger partial charge in [0.25, 0.3) is 0 Å². The van der Waals surface area contributed by atoms with Gasteiger partial charge in [0.1, 0.15) is 6.61 Å². The number of ether oxygens (including phenoxy) is 1. The zero-order chi connectivity index (χ0) is 10.3.